The van der Waals surface area contributed by atoms with Crippen molar-refractivity contribution < 1.29 is 27.6 Å². The van der Waals surface area contributed by atoms with Crippen molar-refractivity contribution >= 4 is 40.3 Å². The highest BCUT2D eigenvalue weighted by atomic mass is 35.5. The van der Waals surface area contributed by atoms with Crippen LogP contribution in [0.1, 0.15) is 18.5 Å². The topological polar surface area (TPSA) is 97.5 Å². The van der Waals surface area contributed by atoms with Gasteiger partial charge in [-0.3, -0.25) is 9.59 Å². The number of likely N-dealkylation sites (tertiary alicyclic amines) is 1. The van der Waals surface area contributed by atoms with Crippen molar-refractivity contribution in [2.45, 2.75) is 31.6 Å². The summed E-state index contributed by atoms with van der Waals surface area (Å²) >= 11 is 5.98. The van der Waals surface area contributed by atoms with E-state index in [0.717, 1.165) is 16.6 Å². The van der Waals surface area contributed by atoms with Gasteiger partial charge < -0.3 is 25.4 Å². The highest BCUT2D eigenvalue weighted by Crippen LogP contribution is 2.20. The van der Waals surface area contributed by atoms with E-state index in [0.29, 0.717) is 24.4 Å². The number of amides is 4. The molecule has 2 aromatic rings. The first-order valence-electron chi connectivity index (χ1n) is 9.95. The number of alkyl halides is 3. The minimum atomic E-state index is -5.04. The molecule has 0 unspecified atom stereocenters. The summed E-state index contributed by atoms with van der Waals surface area (Å²) in [4.78, 5) is 41.7. The first-order chi connectivity index (χ1) is 15.0. The Morgan fingerprint density at radius 1 is 1.25 bits per heavy atom. The van der Waals surface area contributed by atoms with Crippen LogP contribution in [0.2, 0.25) is 5.02 Å². The van der Waals surface area contributed by atoms with E-state index < -0.39 is 24.5 Å². The van der Waals surface area contributed by atoms with Crippen molar-refractivity contribution in [1.29, 1.82) is 0 Å². The summed E-state index contributed by atoms with van der Waals surface area (Å²) in [6.45, 7) is 0.0412. The largest absolute Gasteiger partial charge is 0.471 e. The molecule has 1 aromatic carbocycles. The monoisotopic (exact) mass is 473 g/mol. The summed E-state index contributed by atoms with van der Waals surface area (Å²) < 4.78 is 36.8. The molecular weight excluding hydrogens is 451 g/mol. The summed E-state index contributed by atoms with van der Waals surface area (Å²) in [5, 5.41) is 5.93. The first-order valence-corrected chi connectivity index (χ1v) is 10.3. The fourth-order valence-electron chi connectivity index (χ4n) is 3.59. The van der Waals surface area contributed by atoms with E-state index >= 15 is 0 Å². The third-order valence-electron chi connectivity index (χ3n) is 5.34. The summed E-state index contributed by atoms with van der Waals surface area (Å²) in [5.41, 5.74) is 1.69. The second kappa shape index (κ2) is 9.68. The standard InChI is InChI=1S/C20H23ClF3N5O3/c1-28(19(32)26-9-14-8-12-7-13(21)4-5-16(12)27-14)15-3-2-6-29(11-15)17(30)10-25-18(31)20(22,23)24/h4-5,7-8,15,27H,2-3,6,9-11H2,1H3,(H,25,31)(H,26,32)/t15-/m1/s1. The zero-order valence-electron chi connectivity index (χ0n) is 17.3. The number of likely N-dealkylation sites (N-methyl/N-ethyl adjacent to an activating group) is 1. The van der Waals surface area contributed by atoms with Gasteiger partial charge in [0.2, 0.25) is 5.91 Å². The normalized spacial score (nSPS) is 16.7. The Kier molecular flexibility index (Phi) is 7.17. The molecule has 8 nitrogen and oxygen atoms in total. The molecule has 32 heavy (non-hydrogen) atoms. The predicted molar refractivity (Wildman–Crippen MR) is 112 cm³/mol. The average molecular weight is 474 g/mol. The van der Waals surface area contributed by atoms with E-state index in [1.807, 2.05) is 18.2 Å². The van der Waals surface area contributed by atoms with E-state index in [4.69, 9.17) is 11.6 Å². The molecule has 0 radical (unpaired) electrons. The van der Waals surface area contributed by atoms with E-state index in [2.05, 4.69) is 10.3 Å². The van der Waals surface area contributed by atoms with E-state index in [9.17, 15) is 27.6 Å². The Bertz CT molecular complexity index is 1010. The van der Waals surface area contributed by atoms with Crippen LogP contribution in [0.15, 0.2) is 24.3 Å². The lowest BCUT2D eigenvalue weighted by atomic mass is 10.0. The van der Waals surface area contributed by atoms with Gasteiger partial charge in [0.1, 0.15) is 0 Å². The number of hydrogen-bond acceptors (Lipinski definition) is 3. The Morgan fingerprint density at radius 2 is 2.00 bits per heavy atom. The summed E-state index contributed by atoms with van der Waals surface area (Å²) in [6.07, 6.45) is -3.81. The number of benzene rings is 1. The number of urea groups is 1. The van der Waals surface area contributed by atoms with Gasteiger partial charge in [-0.05, 0) is 37.1 Å². The molecule has 1 atom stereocenters. The highest BCUT2D eigenvalue weighted by Gasteiger charge is 2.39. The third kappa shape index (κ3) is 5.84. The Morgan fingerprint density at radius 3 is 2.72 bits per heavy atom. The van der Waals surface area contributed by atoms with E-state index in [1.165, 1.54) is 9.80 Å². The van der Waals surface area contributed by atoms with Gasteiger partial charge in [0.25, 0.3) is 0 Å². The molecule has 1 saturated heterocycles. The maximum atomic E-state index is 12.6. The van der Waals surface area contributed by atoms with Gasteiger partial charge in [-0.15, -0.1) is 0 Å². The van der Waals surface area contributed by atoms with Crippen molar-refractivity contribution in [3.63, 3.8) is 0 Å². The van der Waals surface area contributed by atoms with Crippen molar-refractivity contribution in [2.75, 3.05) is 26.7 Å². The minimum absolute atomic E-state index is 0.176. The quantitative estimate of drug-likeness (QED) is 0.622. The van der Waals surface area contributed by atoms with Crippen molar-refractivity contribution in [3.8, 4) is 0 Å². The van der Waals surface area contributed by atoms with Crippen molar-refractivity contribution in [1.82, 2.24) is 25.4 Å². The predicted octanol–water partition coefficient (Wildman–Crippen LogP) is 2.63. The molecule has 1 aliphatic rings. The second-order valence-corrected chi connectivity index (χ2v) is 8.05. The van der Waals surface area contributed by atoms with E-state index in [1.54, 1.807) is 18.4 Å². The number of aromatic nitrogens is 1. The number of halogens is 4. The minimum Gasteiger partial charge on any atom is -0.357 e. The molecule has 12 heteroatoms. The fraction of sp³-hybridized carbons (Fsp3) is 0.450. The van der Waals surface area contributed by atoms with Crippen LogP contribution in [-0.4, -0.2) is 71.5 Å². The highest BCUT2D eigenvalue weighted by molar-refractivity contribution is 6.31. The Balaban J connectivity index is 1.50. The Labute approximate surface area is 187 Å². The summed E-state index contributed by atoms with van der Waals surface area (Å²) in [5.74, 6) is -2.78. The van der Waals surface area contributed by atoms with Gasteiger partial charge in [0.15, 0.2) is 0 Å². The van der Waals surface area contributed by atoms with Crippen LogP contribution in [-0.2, 0) is 16.1 Å². The van der Waals surface area contributed by atoms with Crippen LogP contribution in [0.5, 0.6) is 0 Å². The van der Waals surface area contributed by atoms with Gasteiger partial charge in [0, 0.05) is 41.8 Å². The fourth-order valence-corrected chi connectivity index (χ4v) is 3.77. The van der Waals surface area contributed by atoms with Gasteiger partial charge >= 0.3 is 18.1 Å². The zero-order chi connectivity index (χ0) is 23.5. The van der Waals surface area contributed by atoms with Gasteiger partial charge in [-0.25, -0.2) is 4.79 Å². The van der Waals surface area contributed by atoms with Gasteiger partial charge in [-0.1, -0.05) is 11.6 Å². The molecule has 0 aliphatic carbocycles. The molecule has 0 spiro atoms. The van der Waals surface area contributed by atoms with Crippen LogP contribution in [0, 0.1) is 0 Å². The molecule has 0 saturated carbocycles. The smallest absolute Gasteiger partial charge is 0.357 e. The number of H-pyrrole nitrogens is 1. The first kappa shape index (κ1) is 23.7. The maximum absolute atomic E-state index is 12.6. The summed E-state index contributed by atoms with van der Waals surface area (Å²) in [6, 6.07) is 6.67. The molecule has 2 heterocycles. The number of fused-ring (bicyclic) bond motifs is 1. The number of piperidine rings is 1. The number of nitrogens with one attached hydrogen (secondary N) is 3. The van der Waals surface area contributed by atoms with Crippen LogP contribution in [0.25, 0.3) is 10.9 Å². The maximum Gasteiger partial charge on any atom is 0.471 e. The molecule has 1 fully saturated rings. The summed E-state index contributed by atoms with van der Waals surface area (Å²) in [7, 11) is 1.60. The molecule has 174 valence electrons. The second-order valence-electron chi connectivity index (χ2n) is 7.61. The number of nitrogens with zero attached hydrogens (tertiary/aromatic N) is 2. The SMILES string of the molecule is CN(C(=O)NCc1cc2cc(Cl)ccc2[nH]1)[C@@H]1CCCN(C(=O)CNC(=O)C(F)(F)F)C1. The average Bonchev–Trinajstić information content (AvgIpc) is 3.16. The molecular formula is C20H23ClF3N5O3. The van der Waals surface area contributed by atoms with Gasteiger partial charge in [-0.2, -0.15) is 13.2 Å². The van der Waals surface area contributed by atoms with E-state index in [-0.39, 0.29) is 25.2 Å². The molecule has 3 N–H and O–H groups in total. The number of hydrogen-bond donors (Lipinski definition) is 3. The molecule has 1 aromatic heterocycles. The number of rotatable bonds is 5. The van der Waals surface area contributed by atoms with Crippen LogP contribution in [0.4, 0.5) is 18.0 Å². The zero-order valence-corrected chi connectivity index (χ0v) is 18.0. The lowest BCUT2D eigenvalue weighted by Crippen LogP contribution is -2.54. The van der Waals surface area contributed by atoms with Crippen LogP contribution >= 0.6 is 11.6 Å². The molecule has 4 amide bonds. The Hall–Kier alpha value is -2.95. The van der Waals surface area contributed by atoms with Gasteiger partial charge in [0.05, 0.1) is 19.1 Å². The van der Waals surface area contributed by atoms with Crippen LogP contribution in [0.3, 0.4) is 0 Å². The van der Waals surface area contributed by atoms with Crippen molar-refractivity contribution in [3.05, 3.63) is 35.0 Å². The lowest BCUT2D eigenvalue weighted by molar-refractivity contribution is -0.174. The number of aromatic amines is 1. The molecule has 3 rings (SSSR count). The lowest BCUT2D eigenvalue weighted by Gasteiger charge is -2.37. The molecule has 0 bridgehead atoms. The van der Waals surface area contributed by atoms with Crippen molar-refractivity contribution in [2.24, 2.45) is 0 Å². The number of carbonyl (C=O) groups excluding carboxylic acids is 3. The third-order valence-corrected chi connectivity index (χ3v) is 5.58. The number of carbonyl (C=O) groups is 3. The van der Waals surface area contributed by atoms with Crippen LogP contribution < -0.4 is 10.6 Å². The molecule has 1 aliphatic heterocycles.